The van der Waals surface area contributed by atoms with E-state index in [0.717, 1.165) is 13.2 Å². The van der Waals surface area contributed by atoms with Crippen molar-refractivity contribution in [3.63, 3.8) is 0 Å². The Hall–Kier alpha value is -0.120. The molecule has 0 aromatic carbocycles. The fraction of sp³-hybridized carbons (Fsp3) is 1.00. The molecule has 72 valence electrons. The van der Waals surface area contributed by atoms with E-state index in [1.807, 2.05) is 6.92 Å². The predicted octanol–water partition coefficient (Wildman–Crippen LogP) is 0.790. The van der Waals surface area contributed by atoms with E-state index in [4.69, 9.17) is 9.47 Å². The molecule has 3 heteroatoms. The standard InChI is InChI=1S/C9H19NO2/c1-8(6-11-2)12-7-9-4-3-5-10-9/h8-10H,3-7H2,1-2H3/t8?,9-/m0/s1. The van der Waals surface area contributed by atoms with Gasteiger partial charge < -0.3 is 14.8 Å². The SMILES string of the molecule is COCC(C)OC[C@@H]1CCCN1. The zero-order valence-electron chi connectivity index (χ0n) is 8.01. The van der Waals surface area contributed by atoms with Gasteiger partial charge >= 0.3 is 0 Å². The first kappa shape index (κ1) is 9.96. The van der Waals surface area contributed by atoms with Crippen molar-refractivity contribution in [1.82, 2.24) is 5.32 Å². The van der Waals surface area contributed by atoms with E-state index in [9.17, 15) is 0 Å². The second kappa shape index (κ2) is 5.51. The molecule has 1 unspecified atom stereocenters. The Morgan fingerprint density at radius 3 is 3.00 bits per heavy atom. The van der Waals surface area contributed by atoms with Crippen molar-refractivity contribution in [3.05, 3.63) is 0 Å². The molecule has 0 aromatic rings. The summed E-state index contributed by atoms with van der Waals surface area (Å²) in [6.45, 7) is 4.70. The maximum Gasteiger partial charge on any atom is 0.0781 e. The maximum atomic E-state index is 5.58. The van der Waals surface area contributed by atoms with Crippen LogP contribution in [0.2, 0.25) is 0 Å². The van der Waals surface area contributed by atoms with Gasteiger partial charge in [0.05, 0.1) is 19.3 Å². The minimum atomic E-state index is 0.220. The summed E-state index contributed by atoms with van der Waals surface area (Å²) in [6.07, 6.45) is 2.75. The minimum absolute atomic E-state index is 0.220. The third-order valence-electron chi connectivity index (χ3n) is 2.15. The zero-order chi connectivity index (χ0) is 8.81. The lowest BCUT2D eigenvalue weighted by atomic mass is 10.2. The number of nitrogens with one attached hydrogen (secondary N) is 1. The lowest BCUT2D eigenvalue weighted by molar-refractivity contribution is 0.00165. The molecule has 0 aromatic heterocycles. The summed E-state index contributed by atoms with van der Waals surface area (Å²) in [7, 11) is 1.70. The van der Waals surface area contributed by atoms with Crippen molar-refractivity contribution in [3.8, 4) is 0 Å². The molecule has 0 saturated carbocycles. The molecule has 0 aliphatic carbocycles. The van der Waals surface area contributed by atoms with Gasteiger partial charge in [0, 0.05) is 13.2 Å². The molecular formula is C9H19NO2. The summed E-state index contributed by atoms with van der Waals surface area (Å²) in [6, 6.07) is 0.573. The van der Waals surface area contributed by atoms with Crippen LogP contribution in [0.1, 0.15) is 19.8 Å². The van der Waals surface area contributed by atoms with Crippen LogP contribution in [0.4, 0.5) is 0 Å². The van der Waals surface area contributed by atoms with Gasteiger partial charge in [-0.15, -0.1) is 0 Å². The zero-order valence-corrected chi connectivity index (χ0v) is 8.01. The van der Waals surface area contributed by atoms with Crippen molar-refractivity contribution < 1.29 is 9.47 Å². The fourth-order valence-electron chi connectivity index (χ4n) is 1.46. The molecule has 1 heterocycles. The average Bonchev–Trinajstić information content (AvgIpc) is 2.53. The largest absolute Gasteiger partial charge is 0.382 e. The summed E-state index contributed by atoms with van der Waals surface area (Å²) in [4.78, 5) is 0. The maximum absolute atomic E-state index is 5.58. The van der Waals surface area contributed by atoms with E-state index in [2.05, 4.69) is 5.32 Å². The van der Waals surface area contributed by atoms with E-state index in [1.165, 1.54) is 12.8 Å². The third-order valence-corrected chi connectivity index (χ3v) is 2.15. The normalized spacial score (nSPS) is 26.0. The average molecular weight is 173 g/mol. The van der Waals surface area contributed by atoms with Crippen LogP contribution in [0.15, 0.2) is 0 Å². The minimum Gasteiger partial charge on any atom is -0.382 e. The molecule has 2 atom stereocenters. The Morgan fingerprint density at radius 1 is 1.58 bits per heavy atom. The summed E-state index contributed by atoms with van der Waals surface area (Å²) in [5, 5.41) is 3.39. The van der Waals surface area contributed by atoms with Gasteiger partial charge in [0.2, 0.25) is 0 Å². The van der Waals surface area contributed by atoms with Crippen LogP contribution in [0.25, 0.3) is 0 Å². The van der Waals surface area contributed by atoms with Gasteiger partial charge in [0.15, 0.2) is 0 Å². The Kier molecular flexibility index (Phi) is 4.58. The predicted molar refractivity (Wildman–Crippen MR) is 48.3 cm³/mol. The molecule has 1 saturated heterocycles. The van der Waals surface area contributed by atoms with E-state index >= 15 is 0 Å². The first-order valence-corrected chi connectivity index (χ1v) is 4.67. The summed E-state index contributed by atoms with van der Waals surface area (Å²) >= 11 is 0. The summed E-state index contributed by atoms with van der Waals surface area (Å²) in [5.41, 5.74) is 0. The van der Waals surface area contributed by atoms with Gasteiger partial charge in [0.25, 0.3) is 0 Å². The highest BCUT2D eigenvalue weighted by Crippen LogP contribution is 2.06. The van der Waals surface area contributed by atoms with Gasteiger partial charge in [-0.1, -0.05) is 0 Å². The Bertz CT molecular complexity index is 113. The van der Waals surface area contributed by atoms with Gasteiger partial charge in [-0.3, -0.25) is 0 Å². The number of ether oxygens (including phenoxy) is 2. The molecule has 1 rings (SSSR count). The smallest absolute Gasteiger partial charge is 0.0781 e. The van der Waals surface area contributed by atoms with Crippen molar-refractivity contribution in [2.24, 2.45) is 0 Å². The monoisotopic (exact) mass is 173 g/mol. The van der Waals surface area contributed by atoms with E-state index in [0.29, 0.717) is 12.6 Å². The molecule has 0 amide bonds. The van der Waals surface area contributed by atoms with Gasteiger partial charge in [0.1, 0.15) is 0 Å². The van der Waals surface area contributed by atoms with Crippen LogP contribution in [0.5, 0.6) is 0 Å². The Morgan fingerprint density at radius 2 is 2.42 bits per heavy atom. The lowest BCUT2D eigenvalue weighted by Crippen LogP contribution is -2.29. The molecule has 0 spiro atoms. The Balaban J connectivity index is 1.99. The fourth-order valence-corrected chi connectivity index (χ4v) is 1.46. The lowest BCUT2D eigenvalue weighted by Gasteiger charge is -2.15. The number of rotatable bonds is 5. The van der Waals surface area contributed by atoms with E-state index < -0.39 is 0 Å². The number of methoxy groups -OCH3 is 1. The topological polar surface area (TPSA) is 30.5 Å². The van der Waals surface area contributed by atoms with Crippen LogP contribution < -0.4 is 5.32 Å². The van der Waals surface area contributed by atoms with Crippen molar-refractivity contribution in [2.45, 2.75) is 31.9 Å². The summed E-state index contributed by atoms with van der Waals surface area (Å²) < 4.78 is 10.6. The van der Waals surface area contributed by atoms with Gasteiger partial charge in [-0.05, 0) is 26.3 Å². The molecule has 1 N–H and O–H groups in total. The molecule has 12 heavy (non-hydrogen) atoms. The number of hydrogen-bond donors (Lipinski definition) is 1. The van der Waals surface area contributed by atoms with Gasteiger partial charge in [-0.2, -0.15) is 0 Å². The van der Waals surface area contributed by atoms with Crippen LogP contribution in [-0.4, -0.2) is 39.0 Å². The van der Waals surface area contributed by atoms with Crippen molar-refractivity contribution in [2.75, 3.05) is 26.9 Å². The molecule has 3 nitrogen and oxygen atoms in total. The van der Waals surface area contributed by atoms with Gasteiger partial charge in [-0.25, -0.2) is 0 Å². The summed E-state index contributed by atoms with van der Waals surface area (Å²) in [5.74, 6) is 0. The van der Waals surface area contributed by atoms with Crippen LogP contribution in [-0.2, 0) is 9.47 Å². The first-order valence-electron chi connectivity index (χ1n) is 4.67. The van der Waals surface area contributed by atoms with Crippen LogP contribution >= 0.6 is 0 Å². The van der Waals surface area contributed by atoms with Crippen LogP contribution in [0.3, 0.4) is 0 Å². The molecule has 0 bridgehead atoms. The molecular weight excluding hydrogens is 154 g/mol. The second-order valence-corrected chi connectivity index (χ2v) is 3.39. The van der Waals surface area contributed by atoms with Crippen LogP contribution in [0, 0.1) is 0 Å². The third kappa shape index (κ3) is 3.52. The molecule has 1 fully saturated rings. The highest BCUT2D eigenvalue weighted by molar-refractivity contribution is 4.73. The first-order chi connectivity index (χ1) is 5.83. The highest BCUT2D eigenvalue weighted by atomic mass is 16.5. The molecule has 0 radical (unpaired) electrons. The molecule has 1 aliphatic rings. The highest BCUT2D eigenvalue weighted by Gasteiger charge is 2.14. The Labute approximate surface area is 74.4 Å². The quantitative estimate of drug-likeness (QED) is 0.666. The second-order valence-electron chi connectivity index (χ2n) is 3.39. The molecule has 1 aliphatic heterocycles. The van der Waals surface area contributed by atoms with Crippen molar-refractivity contribution >= 4 is 0 Å². The van der Waals surface area contributed by atoms with E-state index in [-0.39, 0.29) is 6.10 Å². The number of hydrogen-bond acceptors (Lipinski definition) is 3. The van der Waals surface area contributed by atoms with Crippen molar-refractivity contribution in [1.29, 1.82) is 0 Å². The van der Waals surface area contributed by atoms with E-state index in [1.54, 1.807) is 7.11 Å².